The number of alkyl halides is 3. The van der Waals surface area contributed by atoms with Crippen molar-refractivity contribution in [3.8, 4) is 0 Å². The molecule has 0 aliphatic carbocycles. The van der Waals surface area contributed by atoms with Gasteiger partial charge in [0.1, 0.15) is 0 Å². The Morgan fingerprint density at radius 2 is 2.17 bits per heavy atom. The summed E-state index contributed by atoms with van der Waals surface area (Å²) in [5.74, 6) is -1.75. The van der Waals surface area contributed by atoms with Crippen molar-refractivity contribution in [1.82, 2.24) is 15.0 Å². The molecule has 0 unspecified atom stereocenters. The average Bonchev–Trinajstić information content (AvgIpc) is 2.68. The van der Waals surface area contributed by atoms with Crippen LogP contribution < -0.4 is 0 Å². The van der Waals surface area contributed by atoms with Crippen LogP contribution in [-0.4, -0.2) is 39.3 Å². The molecule has 1 N–H and O–H groups in total. The second-order valence-electron chi connectivity index (χ2n) is 3.36. The number of carboxylic acid groups (broad SMARTS) is 1. The maximum absolute atomic E-state index is 12.7. The number of halogens is 3. The van der Waals surface area contributed by atoms with Gasteiger partial charge in [-0.05, 0) is 13.3 Å². The number of ether oxygens (including phenoxy) is 1. The Morgan fingerprint density at radius 3 is 2.67 bits per heavy atom. The van der Waals surface area contributed by atoms with Crippen LogP contribution in [0.25, 0.3) is 0 Å². The number of aryl methyl sites for hydroxylation is 1. The van der Waals surface area contributed by atoms with E-state index < -0.39 is 23.5 Å². The highest BCUT2D eigenvalue weighted by Crippen LogP contribution is 2.31. The molecule has 1 heterocycles. The van der Waals surface area contributed by atoms with Crippen LogP contribution in [0.1, 0.15) is 29.5 Å². The molecule has 0 saturated heterocycles. The van der Waals surface area contributed by atoms with Crippen LogP contribution in [0, 0.1) is 0 Å². The average molecular weight is 267 g/mol. The molecule has 18 heavy (non-hydrogen) atoms. The van der Waals surface area contributed by atoms with E-state index in [-0.39, 0.29) is 13.2 Å². The van der Waals surface area contributed by atoms with Gasteiger partial charge in [0, 0.05) is 19.8 Å². The lowest BCUT2D eigenvalue weighted by molar-refractivity contribution is -0.144. The zero-order valence-corrected chi connectivity index (χ0v) is 9.57. The van der Waals surface area contributed by atoms with Crippen molar-refractivity contribution in [2.24, 2.45) is 0 Å². The molecular weight excluding hydrogens is 255 g/mol. The van der Waals surface area contributed by atoms with Gasteiger partial charge in [0.25, 0.3) is 0 Å². The number of rotatable bonds is 6. The molecule has 0 fully saturated rings. The van der Waals surface area contributed by atoms with E-state index in [1.54, 1.807) is 6.92 Å². The van der Waals surface area contributed by atoms with Gasteiger partial charge in [0.15, 0.2) is 5.69 Å². The van der Waals surface area contributed by atoms with Gasteiger partial charge in [0.2, 0.25) is 5.69 Å². The molecule has 6 nitrogen and oxygen atoms in total. The fourth-order valence-corrected chi connectivity index (χ4v) is 1.35. The molecule has 0 amide bonds. The molecule has 0 spiro atoms. The van der Waals surface area contributed by atoms with Crippen LogP contribution in [0.4, 0.5) is 13.2 Å². The minimum Gasteiger partial charge on any atom is -0.476 e. The first-order valence-corrected chi connectivity index (χ1v) is 5.19. The number of hydrogen-bond acceptors (Lipinski definition) is 4. The lowest BCUT2D eigenvalue weighted by Crippen LogP contribution is -2.19. The van der Waals surface area contributed by atoms with Crippen molar-refractivity contribution in [3.05, 3.63) is 11.4 Å². The summed E-state index contributed by atoms with van der Waals surface area (Å²) in [7, 11) is 0. The van der Waals surface area contributed by atoms with Gasteiger partial charge in [-0.3, -0.25) is 0 Å². The first-order valence-electron chi connectivity index (χ1n) is 5.19. The Hall–Kier alpha value is -1.64. The summed E-state index contributed by atoms with van der Waals surface area (Å²) >= 11 is 0. The van der Waals surface area contributed by atoms with Crippen LogP contribution in [0.2, 0.25) is 0 Å². The summed E-state index contributed by atoms with van der Waals surface area (Å²) < 4.78 is 43.6. The summed E-state index contributed by atoms with van der Waals surface area (Å²) in [4.78, 5) is 10.6. The van der Waals surface area contributed by atoms with Gasteiger partial charge in [-0.2, -0.15) is 13.2 Å². The third-order valence-electron chi connectivity index (χ3n) is 2.07. The minimum absolute atomic E-state index is 0.102. The van der Waals surface area contributed by atoms with E-state index in [1.165, 1.54) is 0 Å². The third-order valence-corrected chi connectivity index (χ3v) is 2.07. The van der Waals surface area contributed by atoms with E-state index in [0.29, 0.717) is 17.7 Å². The Bertz CT molecular complexity index is 417. The van der Waals surface area contributed by atoms with Gasteiger partial charge >= 0.3 is 12.1 Å². The summed E-state index contributed by atoms with van der Waals surface area (Å²) in [5.41, 5.74) is -2.43. The van der Waals surface area contributed by atoms with E-state index in [9.17, 15) is 18.0 Å². The highest BCUT2D eigenvalue weighted by Gasteiger charge is 2.41. The van der Waals surface area contributed by atoms with Crippen molar-refractivity contribution in [2.45, 2.75) is 26.1 Å². The SMILES string of the molecule is CCOCCCn1nnc(C(=O)O)c1C(F)(F)F. The van der Waals surface area contributed by atoms with E-state index in [1.807, 2.05) is 0 Å². The van der Waals surface area contributed by atoms with Crippen molar-refractivity contribution < 1.29 is 27.8 Å². The largest absolute Gasteiger partial charge is 0.476 e. The molecule has 0 aliphatic heterocycles. The zero-order valence-electron chi connectivity index (χ0n) is 9.57. The maximum Gasteiger partial charge on any atom is 0.435 e. The van der Waals surface area contributed by atoms with Gasteiger partial charge in [-0.25, -0.2) is 9.48 Å². The standard InChI is InChI=1S/C9H12F3N3O3/c1-2-18-5-3-4-15-7(9(10,11)12)6(8(16)17)13-14-15/h2-5H2,1H3,(H,16,17). The van der Waals surface area contributed by atoms with E-state index in [2.05, 4.69) is 10.3 Å². The molecule has 1 rings (SSSR count). The van der Waals surface area contributed by atoms with E-state index >= 15 is 0 Å². The molecule has 0 saturated carbocycles. The topological polar surface area (TPSA) is 77.2 Å². The lowest BCUT2D eigenvalue weighted by Gasteiger charge is -2.09. The second kappa shape index (κ2) is 5.80. The van der Waals surface area contributed by atoms with Gasteiger partial charge in [-0.1, -0.05) is 5.21 Å². The van der Waals surface area contributed by atoms with Crippen LogP contribution in [0.5, 0.6) is 0 Å². The van der Waals surface area contributed by atoms with Crippen LogP contribution >= 0.6 is 0 Å². The summed E-state index contributed by atoms with van der Waals surface area (Å²) in [6.07, 6.45) is -4.51. The molecule has 102 valence electrons. The summed E-state index contributed by atoms with van der Waals surface area (Å²) in [5, 5.41) is 14.9. The van der Waals surface area contributed by atoms with Crippen LogP contribution in [-0.2, 0) is 17.5 Å². The van der Waals surface area contributed by atoms with Crippen molar-refractivity contribution in [2.75, 3.05) is 13.2 Å². The number of aromatic carboxylic acids is 1. The number of hydrogen-bond donors (Lipinski definition) is 1. The molecule has 1 aromatic rings. The minimum atomic E-state index is -4.80. The molecule has 0 radical (unpaired) electrons. The van der Waals surface area contributed by atoms with Crippen molar-refractivity contribution >= 4 is 5.97 Å². The van der Waals surface area contributed by atoms with E-state index in [4.69, 9.17) is 9.84 Å². The Balaban J connectivity index is 2.88. The van der Waals surface area contributed by atoms with Gasteiger partial charge in [0.05, 0.1) is 0 Å². The molecule has 0 aliphatic rings. The monoisotopic (exact) mass is 267 g/mol. The number of carboxylic acids is 1. The second-order valence-corrected chi connectivity index (χ2v) is 3.36. The first kappa shape index (κ1) is 14.4. The summed E-state index contributed by atoms with van der Waals surface area (Å²) in [6, 6.07) is 0. The Morgan fingerprint density at radius 1 is 1.50 bits per heavy atom. The highest BCUT2D eigenvalue weighted by atomic mass is 19.4. The van der Waals surface area contributed by atoms with Crippen molar-refractivity contribution in [1.29, 1.82) is 0 Å². The Labute approximate surface area is 100 Å². The lowest BCUT2D eigenvalue weighted by atomic mass is 10.3. The third kappa shape index (κ3) is 3.42. The first-order chi connectivity index (χ1) is 8.38. The van der Waals surface area contributed by atoms with Gasteiger partial charge < -0.3 is 9.84 Å². The highest BCUT2D eigenvalue weighted by molar-refractivity contribution is 5.86. The molecule has 0 bridgehead atoms. The quantitative estimate of drug-likeness (QED) is 0.789. The summed E-state index contributed by atoms with van der Waals surface area (Å²) in [6.45, 7) is 2.40. The fourth-order valence-electron chi connectivity index (χ4n) is 1.35. The molecule has 0 aromatic carbocycles. The van der Waals surface area contributed by atoms with Crippen molar-refractivity contribution in [3.63, 3.8) is 0 Å². The van der Waals surface area contributed by atoms with Crippen LogP contribution in [0.3, 0.4) is 0 Å². The molecule has 9 heteroatoms. The predicted molar refractivity (Wildman–Crippen MR) is 53.1 cm³/mol. The van der Waals surface area contributed by atoms with Crippen LogP contribution in [0.15, 0.2) is 0 Å². The maximum atomic E-state index is 12.7. The Kier molecular flexibility index (Phi) is 4.65. The number of aromatic nitrogens is 3. The number of carbonyl (C=O) groups is 1. The molecular formula is C9H12F3N3O3. The van der Waals surface area contributed by atoms with E-state index in [0.717, 1.165) is 0 Å². The normalized spacial score (nSPS) is 11.8. The molecule has 0 atom stereocenters. The van der Waals surface area contributed by atoms with Gasteiger partial charge in [-0.15, -0.1) is 5.10 Å². The zero-order chi connectivity index (χ0) is 13.8. The predicted octanol–water partition coefficient (Wildman–Crippen LogP) is 1.42. The number of nitrogens with zero attached hydrogens (tertiary/aromatic N) is 3. The fraction of sp³-hybridized carbons (Fsp3) is 0.667. The smallest absolute Gasteiger partial charge is 0.435 e. The molecule has 1 aromatic heterocycles.